The average molecular weight is 379 g/mol. The zero-order valence-electron chi connectivity index (χ0n) is 14.8. The number of fused-ring (bicyclic) bond motifs is 1. The van der Waals surface area contributed by atoms with E-state index in [1.54, 1.807) is 11.3 Å². The first-order valence-electron chi connectivity index (χ1n) is 9.14. The molecule has 2 aliphatic rings. The first-order valence-corrected chi connectivity index (χ1v) is 10.4. The normalized spacial score (nSPS) is 16.6. The molecule has 0 aromatic carbocycles. The van der Waals surface area contributed by atoms with Crippen LogP contribution < -0.4 is 10.6 Å². The third kappa shape index (κ3) is 4.61. The van der Waals surface area contributed by atoms with Crippen LogP contribution in [0.15, 0.2) is 11.6 Å². The molecule has 0 atom stereocenters. The summed E-state index contributed by atoms with van der Waals surface area (Å²) in [6.45, 7) is 0.830. The number of ether oxygens (including phenoxy) is 1. The van der Waals surface area contributed by atoms with Crippen LogP contribution in [0.5, 0.6) is 0 Å². The van der Waals surface area contributed by atoms with Crippen LogP contribution in [0.25, 0.3) is 0 Å². The van der Waals surface area contributed by atoms with E-state index in [2.05, 4.69) is 16.7 Å². The Kier molecular flexibility index (Phi) is 6.48. The fourth-order valence-corrected chi connectivity index (χ4v) is 5.14. The molecule has 1 aromatic heterocycles. The third-order valence-corrected chi connectivity index (χ3v) is 6.36. The van der Waals surface area contributed by atoms with Gasteiger partial charge in [0.15, 0.2) is 5.11 Å². The summed E-state index contributed by atoms with van der Waals surface area (Å²) >= 11 is 7.08. The number of methoxy groups -OCH3 is 1. The Labute approximate surface area is 159 Å². The van der Waals surface area contributed by atoms with E-state index in [0.29, 0.717) is 10.7 Å². The predicted octanol–water partition coefficient (Wildman–Crippen LogP) is 4.59. The minimum Gasteiger partial charge on any atom is -0.465 e. The number of carbonyl (C=O) groups is 1. The van der Waals surface area contributed by atoms with Crippen LogP contribution in [0.1, 0.15) is 65.7 Å². The van der Waals surface area contributed by atoms with Gasteiger partial charge in [0.05, 0.1) is 12.7 Å². The third-order valence-electron chi connectivity index (χ3n) is 4.90. The number of hydrogen-bond donors (Lipinski definition) is 2. The van der Waals surface area contributed by atoms with Crippen molar-refractivity contribution in [3.8, 4) is 0 Å². The highest BCUT2D eigenvalue weighted by Gasteiger charge is 2.26. The summed E-state index contributed by atoms with van der Waals surface area (Å²) in [6, 6.07) is 0. The molecular weight excluding hydrogens is 352 g/mol. The van der Waals surface area contributed by atoms with Gasteiger partial charge in [0, 0.05) is 11.4 Å². The highest BCUT2D eigenvalue weighted by molar-refractivity contribution is 7.80. The van der Waals surface area contributed by atoms with Crippen LogP contribution in [-0.4, -0.2) is 24.7 Å². The molecule has 0 saturated heterocycles. The van der Waals surface area contributed by atoms with Crippen molar-refractivity contribution in [1.29, 1.82) is 0 Å². The number of nitrogens with one attached hydrogen (secondary N) is 2. The molecule has 0 bridgehead atoms. The van der Waals surface area contributed by atoms with Gasteiger partial charge < -0.3 is 15.4 Å². The van der Waals surface area contributed by atoms with Gasteiger partial charge in [-0.25, -0.2) is 4.79 Å². The summed E-state index contributed by atoms with van der Waals surface area (Å²) in [7, 11) is 1.44. The Morgan fingerprint density at radius 2 is 2.04 bits per heavy atom. The second kappa shape index (κ2) is 8.81. The minimum atomic E-state index is -0.267. The second-order valence-electron chi connectivity index (χ2n) is 6.65. The van der Waals surface area contributed by atoms with E-state index < -0.39 is 0 Å². The van der Waals surface area contributed by atoms with Gasteiger partial charge >= 0.3 is 5.97 Å². The molecule has 4 nitrogen and oxygen atoms in total. The molecule has 3 rings (SSSR count). The molecule has 0 radical (unpaired) electrons. The van der Waals surface area contributed by atoms with E-state index in [-0.39, 0.29) is 5.97 Å². The fourth-order valence-electron chi connectivity index (χ4n) is 3.59. The molecule has 0 fully saturated rings. The lowest BCUT2D eigenvalue weighted by atomic mass is 9.95. The number of hydrogen-bond acceptors (Lipinski definition) is 4. The number of allylic oxidation sites excluding steroid dienone is 1. The first-order chi connectivity index (χ1) is 12.2. The fraction of sp³-hybridized carbons (Fsp3) is 0.579. The Morgan fingerprint density at radius 1 is 1.24 bits per heavy atom. The molecule has 2 aliphatic carbocycles. The van der Waals surface area contributed by atoms with Crippen molar-refractivity contribution in [2.24, 2.45) is 0 Å². The van der Waals surface area contributed by atoms with Crippen LogP contribution in [0.2, 0.25) is 0 Å². The molecular formula is C19H26N2O2S2. The van der Waals surface area contributed by atoms with Gasteiger partial charge in [-0.1, -0.05) is 11.6 Å². The Hall–Kier alpha value is -1.40. The van der Waals surface area contributed by atoms with Gasteiger partial charge in [-0.2, -0.15) is 0 Å². The van der Waals surface area contributed by atoms with Crippen molar-refractivity contribution >= 4 is 39.6 Å². The summed E-state index contributed by atoms with van der Waals surface area (Å²) < 4.78 is 5.00. The van der Waals surface area contributed by atoms with Crippen molar-refractivity contribution < 1.29 is 9.53 Å². The maximum atomic E-state index is 12.2. The number of rotatable bonds is 5. The van der Waals surface area contributed by atoms with Crippen LogP contribution in [-0.2, 0) is 17.6 Å². The number of anilines is 1. The molecule has 1 heterocycles. The van der Waals surface area contributed by atoms with Gasteiger partial charge in [0.1, 0.15) is 5.00 Å². The highest BCUT2D eigenvalue weighted by atomic mass is 32.1. The molecule has 6 heteroatoms. The van der Waals surface area contributed by atoms with E-state index in [0.717, 1.165) is 42.8 Å². The van der Waals surface area contributed by atoms with E-state index in [9.17, 15) is 4.79 Å². The quantitative estimate of drug-likeness (QED) is 0.446. The van der Waals surface area contributed by atoms with Crippen LogP contribution in [0, 0.1) is 0 Å². The maximum absolute atomic E-state index is 12.2. The summed E-state index contributed by atoms with van der Waals surface area (Å²) in [4.78, 5) is 13.5. The van der Waals surface area contributed by atoms with E-state index in [1.807, 2.05) is 0 Å². The summed E-state index contributed by atoms with van der Waals surface area (Å²) in [5.74, 6) is -0.267. The number of thiophene rings is 1. The number of aryl methyl sites for hydroxylation is 1. The molecule has 1 aromatic rings. The standard InChI is InChI=1S/C19H26N2O2S2/c1-23-18(22)16-14-9-5-6-10-15(14)25-17(16)21-19(24)20-12-11-13-7-3-2-4-8-13/h7H,2-6,8-12H2,1H3,(H2,20,21,24). The van der Waals surface area contributed by atoms with Crippen molar-refractivity contribution in [2.45, 2.75) is 57.8 Å². The molecule has 0 amide bonds. The zero-order valence-corrected chi connectivity index (χ0v) is 16.4. The Bertz CT molecular complexity index is 679. The smallest absolute Gasteiger partial charge is 0.341 e. The topological polar surface area (TPSA) is 50.4 Å². The van der Waals surface area contributed by atoms with Crippen molar-refractivity contribution in [2.75, 3.05) is 19.0 Å². The largest absolute Gasteiger partial charge is 0.465 e. The first kappa shape index (κ1) is 18.4. The van der Waals surface area contributed by atoms with Crippen LogP contribution >= 0.6 is 23.6 Å². The summed E-state index contributed by atoms with van der Waals surface area (Å²) in [5.41, 5.74) is 3.37. The molecule has 0 aliphatic heterocycles. The van der Waals surface area contributed by atoms with Crippen molar-refractivity contribution in [1.82, 2.24) is 5.32 Å². The summed E-state index contributed by atoms with van der Waals surface area (Å²) in [5, 5.41) is 7.93. The number of thiocarbonyl (C=S) groups is 1. The number of esters is 1. The Balaban J connectivity index is 1.61. The SMILES string of the molecule is COC(=O)c1c(NC(=S)NCCC2=CCCCC2)sc2c1CCCC2. The van der Waals surface area contributed by atoms with Crippen LogP contribution in [0.4, 0.5) is 5.00 Å². The van der Waals surface area contributed by atoms with Crippen molar-refractivity contribution in [3.05, 3.63) is 27.7 Å². The average Bonchev–Trinajstić information content (AvgIpc) is 2.99. The summed E-state index contributed by atoms with van der Waals surface area (Å²) in [6.07, 6.45) is 12.8. The van der Waals surface area contributed by atoms with E-state index >= 15 is 0 Å². The monoisotopic (exact) mass is 378 g/mol. The van der Waals surface area contributed by atoms with E-state index in [4.69, 9.17) is 17.0 Å². The zero-order chi connectivity index (χ0) is 17.6. The molecule has 0 spiro atoms. The van der Waals surface area contributed by atoms with Crippen LogP contribution in [0.3, 0.4) is 0 Å². The number of carbonyl (C=O) groups excluding carboxylic acids is 1. The molecule has 136 valence electrons. The lowest BCUT2D eigenvalue weighted by molar-refractivity contribution is 0.0601. The van der Waals surface area contributed by atoms with Gasteiger partial charge in [0.2, 0.25) is 0 Å². The minimum absolute atomic E-state index is 0.267. The van der Waals surface area contributed by atoms with Gasteiger partial charge in [-0.3, -0.25) is 0 Å². The predicted molar refractivity (Wildman–Crippen MR) is 108 cm³/mol. The molecule has 0 saturated carbocycles. The maximum Gasteiger partial charge on any atom is 0.341 e. The Morgan fingerprint density at radius 3 is 2.80 bits per heavy atom. The van der Waals surface area contributed by atoms with Gasteiger partial charge in [-0.15, -0.1) is 11.3 Å². The second-order valence-corrected chi connectivity index (χ2v) is 8.16. The highest BCUT2D eigenvalue weighted by Crippen LogP contribution is 2.38. The van der Waals surface area contributed by atoms with Crippen molar-refractivity contribution in [3.63, 3.8) is 0 Å². The van der Waals surface area contributed by atoms with Gasteiger partial charge in [-0.05, 0) is 75.6 Å². The molecule has 25 heavy (non-hydrogen) atoms. The lowest BCUT2D eigenvalue weighted by Crippen LogP contribution is -2.29. The van der Waals surface area contributed by atoms with E-state index in [1.165, 1.54) is 49.7 Å². The lowest BCUT2D eigenvalue weighted by Gasteiger charge is -2.14. The van der Waals surface area contributed by atoms with Gasteiger partial charge in [0.25, 0.3) is 0 Å². The molecule has 0 unspecified atom stereocenters. The molecule has 2 N–H and O–H groups in total.